The highest BCUT2D eigenvalue weighted by Crippen LogP contribution is 2.39. The first-order chi connectivity index (χ1) is 33.9. The van der Waals surface area contributed by atoms with Crippen LogP contribution in [-0.4, -0.2) is 119 Å². The molecule has 2 saturated heterocycles. The summed E-state index contributed by atoms with van der Waals surface area (Å²) in [5.41, 5.74) is -0.228. The number of carboxylic acids is 2. The number of hydrogen-bond donors (Lipinski definition) is 2. The first-order valence-corrected chi connectivity index (χ1v) is 25.4. The van der Waals surface area contributed by atoms with Crippen LogP contribution in [0.3, 0.4) is 0 Å². The molecule has 8 rings (SSSR count). The van der Waals surface area contributed by atoms with Gasteiger partial charge in [0.05, 0.1) is 22.4 Å². The number of ether oxygens (including phenoxy) is 2. The van der Waals surface area contributed by atoms with Crippen molar-refractivity contribution in [3.63, 3.8) is 0 Å². The van der Waals surface area contributed by atoms with Crippen LogP contribution in [0.2, 0.25) is 0 Å². The third-order valence-electron chi connectivity index (χ3n) is 14.3. The van der Waals surface area contributed by atoms with Crippen molar-refractivity contribution in [2.24, 2.45) is 0 Å². The van der Waals surface area contributed by atoms with Gasteiger partial charge in [-0.2, -0.15) is 0 Å². The van der Waals surface area contributed by atoms with Gasteiger partial charge in [0, 0.05) is 100 Å². The third-order valence-corrected chi connectivity index (χ3v) is 14.3. The molecule has 70 heavy (non-hydrogen) atoms. The van der Waals surface area contributed by atoms with E-state index in [9.17, 15) is 39.0 Å². The topological polar surface area (TPSA) is 184 Å². The standard InChI is InChI=1S/C52H66F2N6O10/c53-41-27-37-43(59(35-15-16-35)31-39(49(37)63)51(65)66)29-45(41)57-23-19-55(20-24-57)33-69-47(61)13-11-9-7-5-3-1-2-4-6-8-10-12-14-48(62)70-34-56-21-25-58(26-22-56)46-30-44-38(28-42(46)54)50(64)40(52(67)68)32-60(44)36-17-18-36/h27-32,35-36H,1-26,33-34H2,(H,65,66)(H,67,68). The number of aromatic carboxylic acids is 2. The minimum atomic E-state index is -1.32. The highest BCUT2D eigenvalue weighted by atomic mass is 19.1. The van der Waals surface area contributed by atoms with E-state index in [1.54, 1.807) is 21.3 Å². The maximum atomic E-state index is 15.3. The Bertz CT molecular complexity index is 2480. The zero-order valence-electron chi connectivity index (χ0n) is 40.0. The lowest BCUT2D eigenvalue weighted by Gasteiger charge is -2.36. The second kappa shape index (κ2) is 23.4. The number of nitrogens with zero attached hydrogens (tertiary/aromatic N) is 6. The molecule has 2 saturated carbocycles. The van der Waals surface area contributed by atoms with Crippen molar-refractivity contribution in [2.75, 3.05) is 75.6 Å². The number of aromatic nitrogens is 2. The number of pyridine rings is 2. The fourth-order valence-corrected chi connectivity index (χ4v) is 9.83. The van der Waals surface area contributed by atoms with Gasteiger partial charge in [0.2, 0.25) is 10.9 Å². The number of anilines is 2. The van der Waals surface area contributed by atoms with Crippen LogP contribution in [0, 0.1) is 11.6 Å². The average molecular weight is 973 g/mol. The second-order valence-electron chi connectivity index (χ2n) is 19.5. The lowest BCUT2D eigenvalue weighted by molar-refractivity contribution is -0.149. The molecule has 0 spiro atoms. The summed E-state index contributed by atoms with van der Waals surface area (Å²) in [6, 6.07) is 5.86. The zero-order chi connectivity index (χ0) is 49.3. The molecule has 2 aliphatic carbocycles. The maximum Gasteiger partial charge on any atom is 0.341 e. The summed E-state index contributed by atoms with van der Waals surface area (Å²) >= 11 is 0. The van der Waals surface area contributed by atoms with E-state index < -0.39 is 34.4 Å². The second-order valence-corrected chi connectivity index (χ2v) is 19.5. The number of benzene rings is 2. The van der Waals surface area contributed by atoms with Crippen molar-refractivity contribution in [1.82, 2.24) is 18.9 Å². The van der Waals surface area contributed by atoms with Gasteiger partial charge < -0.3 is 38.6 Å². The van der Waals surface area contributed by atoms with Crippen LogP contribution in [0.1, 0.15) is 148 Å². The smallest absolute Gasteiger partial charge is 0.341 e. The van der Waals surface area contributed by atoms with Crippen LogP contribution in [-0.2, 0) is 19.1 Å². The number of piperazine rings is 2. The molecular formula is C52H66F2N6O10. The molecule has 0 amide bonds. The van der Waals surface area contributed by atoms with Crippen molar-refractivity contribution in [3.05, 3.63) is 79.9 Å². The van der Waals surface area contributed by atoms with Crippen LogP contribution < -0.4 is 20.7 Å². The lowest BCUT2D eigenvalue weighted by Crippen LogP contribution is -2.47. The van der Waals surface area contributed by atoms with E-state index in [0.717, 1.165) is 77.0 Å². The van der Waals surface area contributed by atoms with Gasteiger partial charge >= 0.3 is 23.9 Å². The van der Waals surface area contributed by atoms with Crippen molar-refractivity contribution >= 4 is 57.1 Å². The van der Waals surface area contributed by atoms with Crippen molar-refractivity contribution < 1.29 is 47.6 Å². The minimum Gasteiger partial charge on any atom is -0.477 e. The molecule has 16 nitrogen and oxygen atoms in total. The summed E-state index contributed by atoms with van der Waals surface area (Å²) in [4.78, 5) is 81.8. The van der Waals surface area contributed by atoms with E-state index in [1.165, 1.54) is 50.2 Å². The highest BCUT2D eigenvalue weighted by Gasteiger charge is 2.31. The Morgan fingerprint density at radius 1 is 0.500 bits per heavy atom. The van der Waals surface area contributed by atoms with E-state index in [2.05, 4.69) is 0 Å². The SMILES string of the molecule is O=C(CCCCCCCCCCCCCCC(=O)OCN1CCN(c2cc3c(cc2F)c(=O)c(C(=O)O)cn3C2CC2)CC1)OCN1CCN(c2cc3c(cc2F)c(=O)c(C(=O)O)cn3C2CC2)CC1. The fourth-order valence-electron chi connectivity index (χ4n) is 9.83. The van der Waals surface area contributed by atoms with E-state index in [1.807, 2.05) is 19.6 Å². The number of esters is 2. The van der Waals surface area contributed by atoms with Crippen LogP contribution in [0.5, 0.6) is 0 Å². The summed E-state index contributed by atoms with van der Waals surface area (Å²) in [5.74, 6) is -4.19. The predicted octanol–water partition coefficient (Wildman–Crippen LogP) is 8.07. The molecule has 4 fully saturated rings. The summed E-state index contributed by atoms with van der Waals surface area (Å²) in [6.45, 7) is 4.76. The molecular weight excluding hydrogens is 907 g/mol. The van der Waals surface area contributed by atoms with Gasteiger partial charge in [0.15, 0.2) is 0 Å². The van der Waals surface area contributed by atoms with Gasteiger partial charge in [0.25, 0.3) is 0 Å². The Labute approximate surface area is 405 Å². The lowest BCUT2D eigenvalue weighted by atomic mass is 10.0. The number of carboxylic acid groups (broad SMARTS) is 2. The molecule has 4 heterocycles. The quantitative estimate of drug-likeness (QED) is 0.0480. The summed E-state index contributed by atoms with van der Waals surface area (Å²) in [6.07, 6.45) is 19.8. The largest absolute Gasteiger partial charge is 0.477 e. The Morgan fingerprint density at radius 2 is 0.829 bits per heavy atom. The number of halogens is 2. The van der Waals surface area contributed by atoms with Gasteiger partial charge in [0.1, 0.15) is 36.2 Å². The van der Waals surface area contributed by atoms with E-state index >= 15 is 8.78 Å². The fraction of sp³-hybridized carbons (Fsp3) is 0.577. The number of hydrogen-bond acceptors (Lipinski definition) is 12. The number of fused-ring (bicyclic) bond motifs is 2. The molecule has 0 unspecified atom stereocenters. The summed E-state index contributed by atoms with van der Waals surface area (Å²) < 4.78 is 45.4. The maximum absolute atomic E-state index is 15.3. The zero-order valence-corrected chi connectivity index (χ0v) is 40.0. The normalized spacial score (nSPS) is 16.8. The van der Waals surface area contributed by atoms with E-state index in [-0.39, 0.29) is 59.4 Å². The van der Waals surface area contributed by atoms with Crippen LogP contribution >= 0.6 is 0 Å². The molecule has 2 aliphatic heterocycles. The van der Waals surface area contributed by atoms with E-state index in [4.69, 9.17) is 9.47 Å². The molecule has 0 radical (unpaired) electrons. The van der Waals surface area contributed by atoms with Gasteiger partial charge in [-0.05, 0) is 62.8 Å². The Kier molecular flexibility index (Phi) is 16.9. The minimum absolute atomic E-state index is 0.0745. The number of unbranched alkanes of at least 4 members (excludes halogenated alkanes) is 11. The summed E-state index contributed by atoms with van der Waals surface area (Å²) in [5, 5.41) is 19.2. The monoisotopic (exact) mass is 972 g/mol. The van der Waals surface area contributed by atoms with Crippen LogP contribution in [0.25, 0.3) is 21.8 Å². The van der Waals surface area contributed by atoms with E-state index in [0.29, 0.717) is 87.6 Å². The van der Waals surface area contributed by atoms with Gasteiger partial charge in [-0.3, -0.25) is 29.0 Å². The van der Waals surface area contributed by atoms with Gasteiger partial charge in [-0.15, -0.1) is 0 Å². The molecule has 2 N–H and O–H groups in total. The average Bonchev–Trinajstić information content (AvgIpc) is 4.30. The van der Waals surface area contributed by atoms with Crippen molar-refractivity contribution in [2.45, 2.75) is 128 Å². The van der Waals surface area contributed by atoms with Crippen LogP contribution in [0.15, 0.2) is 46.2 Å². The van der Waals surface area contributed by atoms with Gasteiger partial charge in [-0.25, -0.2) is 18.4 Å². The first-order valence-electron chi connectivity index (χ1n) is 25.4. The third kappa shape index (κ3) is 12.7. The predicted molar refractivity (Wildman–Crippen MR) is 261 cm³/mol. The van der Waals surface area contributed by atoms with Gasteiger partial charge in [-0.1, -0.05) is 64.2 Å². The Morgan fingerprint density at radius 3 is 1.14 bits per heavy atom. The molecule has 0 atom stereocenters. The molecule has 4 aromatic rings. The molecule has 4 aliphatic rings. The van der Waals surface area contributed by atoms with Crippen molar-refractivity contribution in [1.29, 1.82) is 0 Å². The van der Waals surface area contributed by atoms with Crippen molar-refractivity contribution in [3.8, 4) is 0 Å². The molecule has 378 valence electrons. The number of carbonyl (C=O) groups excluding carboxylic acids is 2. The Hall–Kier alpha value is -5.88. The summed E-state index contributed by atoms with van der Waals surface area (Å²) in [7, 11) is 0. The molecule has 2 aromatic carbocycles. The number of carbonyl (C=O) groups is 4. The molecule has 0 bridgehead atoms. The van der Waals surface area contributed by atoms with Crippen LogP contribution in [0.4, 0.5) is 20.2 Å². The Balaban J connectivity index is 0.608. The molecule has 2 aromatic heterocycles. The first kappa shape index (κ1) is 50.5. The number of rotatable bonds is 25. The highest BCUT2D eigenvalue weighted by molar-refractivity contribution is 5.94. The molecule has 18 heteroatoms.